The number of nitrogens with one attached hydrogen (secondary N) is 2. The molecule has 2 amide bonds. The topological polar surface area (TPSA) is 116 Å². The molecule has 0 aliphatic heterocycles. The number of aryl methyl sites for hydroxylation is 1. The van der Waals surface area contributed by atoms with Gasteiger partial charge in [0.2, 0.25) is 0 Å². The van der Waals surface area contributed by atoms with Gasteiger partial charge in [0.25, 0.3) is 0 Å². The second-order valence-electron chi connectivity index (χ2n) is 5.11. The lowest BCUT2D eigenvalue weighted by molar-refractivity contribution is -0.154. The lowest BCUT2D eigenvalue weighted by Crippen LogP contribution is -2.43. The molecule has 7 nitrogen and oxygen atoms in total. The van der Waals surface area contributed by atoms with E-state index in [1.165, 1.54) is 6.92 Å². The summed E-state index contributed by atoms with van der Waals surface area (Å²) in [5, 5.41) is 22.8. The molecule has 7 heteroatoms. The molecule has 1 rings (SSSR count). The van der Waals surface area contributed by atoms with E-state index in [-0.39, 0.29) is 6.54 Å². The summed E-state index contributed by atoms with van der Waals surface area (Å²) in [5.74, 6) is -2.51. The highest BCUT2D eigenvalue weighted by Crippen LogP contribution is 2.20. The van der Waals surface area contributed by atoms with Gasteiger partial charge in [0, 0.05) is 12.2 Å². The Kier molecular flexibility index (Phi) is 5.29. The average Bonchev–Trinajstić information content (AvgIpc) is 2.35. The van der Waals surface area contributed by atoms with Gasteiger partial charge in [0.15, 0.2) is 0 Å². The maximum atomic E-state index is 11.7. The van der Waals surface area contributed by atoms with Gasteiger partial charge in [-0.15, -0.1) is 0 Å². The molecule has 1 aromatic carbocycles. The molecule has 1 unspecified atom stereocenters. The normalized spacial score (nSPS) is 13.0. The highest BCUT2D eigenvalue weighted by Gasteiger charge is 2.36. The molecule has 0 aromatic heterocycles. The number of rotatable bonds is 6. The monoisotopic (exact) mass is 294 g/mol. The summed E-state index contributed by atoms with van der Waals surface area (Å²) in [7, 11) is 0. The molecule has 0 spiro atoms. The third-order valence-electron chi connectivity index (χ3n) is 2.97. The third kappa shape index (κ3) is 5.13. The number of anilines is 1. The molecule has 21 heavy (non-hydrogen) atoms. The van der Waals surface area contributed by atoms with Crippen LogP contribution in [0.1, 0.15) is 18.9 Å². The smallest absolute Gasteiger partial charge is 0.319 e. The Morgan fingerprint density at radius 1 is 1.24 bits per heavy atom. The largest absolute Gasteiger partial charge is 0.481 e. The van der Waals surface area contributed by atoms with E-state index in [0.29, 0.717) is 5.69 Å². The first-order valence-electron chi connectivity index (χ1n) is 6.30. The van der Waals surface area contributed by atoms with Gasteiger partial charge < -0.3 is 20.8 Å². The Bertz CT molecular complexity index is 558. The van der Waals surface area contributed by atoms with E-state index in [4.69, 9.17) is 10.2 Å². The molecule has 0 saturated carbocycles. The van der Waals surface area contributed by atoms with Crippen molar-refractivity contribution < 1.29 is 24.6 Å². The molecule has 0 saturated heterocycles. The van der Waals surface area contributed by atoms with Crippen molar-refractivity contribution in [2.75, 3.05) is 11.9 Å². The molecule has 0 radical (unpaired) electrons. The van der Waals surface area contributed by atoms with Crippen LogP contribution >= 0.6 is 0 Å². The number of aliphatic carboxylic acids is 2. The second kappa shape index (κ2) is 6.74. The van der Waals surface area contributed by atoms with Gasteiger partial charge in [-0.3, -0.25) is 9.59 Å². The predicted octanol–water partition coefficient (Wildman–Crippen LogP) is 1.68. The number of hydrogen-bond donors (Lipinski definition) is 4. The van der Waals surface area contributed by atoms with Gasteiger partial charge in [0.1, 0.15) is 0 Å². The molecule has 114 valence electrons. The van der Waals surface area contributed by atoms with E-state index >= 15 is 0 Å². The van der Waals surface area contributed by atoms with Gasteiger partial charge in [-0.25, -0.2) is 4.79 Å². The Morgan fingerprint density at radius 3 is 2.43 bits per heavy atom. The van der Waals surface area contributed by atoms with E-state index in [9.17, 15) is 14.4 Å². The van der Waals surface area contributed by atoms with Crippen molar-refractivity contribution in [1.29, 1.82) is 0 Å². The van der Waals surface area contributed by atoms with E-state index < -0.39 is 29.8 Å². The number of carboxylic acid groups (broad SMARTS) is 2. The summed E-state index contributed by atoms with van der Waals surface area (Å²) >= 11 is 0. The highest BCUT2D eigenvalue weighted by molar-refractivity contribution is 5.90. The van der Waals surface area contributed by atoms with E-state index in [1.54, 1.807) is 18.2 Å². The summed E-state index contributed by atoms with van der Waals surface area (Å²) in [6, 6.07) is 6.51. The minimum atomic E-state index is -1.56. The molecule has 0 heterocycles. The van der Waals surface area contributed by atoms with Crippen LogP contribution in [0.5, 0.6) is 0 Å². The summed E-state index contributed by atoms with van der Waals surface area (Å²) < 4.78 is 0. The van der Waals surface area contributed by atoms with Crippen molar-refractivity contribution in [3.05, 3.63) is 29.8 Å². The molecular weight excluding hydrogens is 276 g/mol. The Morgan fingerprint density at radius 2 is 1.90 bits per heavy atom. The maximum absolute atomic E-state index is 11.7. The highest BCUT2D eigenvalue weighted by atomic mass is 16.4. The minimum Gasteiger partial charge on any atom is -0.481 e. The van der Waals surface area contributed by atoms with Gasteiger partial charge in [0.05, 0.1) is 11.8 Å². The fourth-order valence-electron chi connectivity index (χ4n) is 1.72. The first-order valence-corrected chi connectivity index (χ1v) is 6.30. The predicted molar refractivity (Wildman–Crippen MR) is 76.2 cm³/mol. The number of hydrogen-bond acceptors (Lipinski definition) is 3. The molecule has 4 N–H and O–H groups in total. The van der Waals surface area contributed by atoms with Crippen LogP contribution in [0.2, 0.25) is 0 Å². The first-order chi connectivity index (χ1) is 9.73. The van der Waals surface area contributed by atoms with E-state index in [2.05, 4.69) is 10.6 Å². The number of carbonyl (C=O) groups excluding carboxylic acids is 1. The van der Waals surface area contributed by atoms with Crippen LogP contribution in [-0.4, -0.2) is 34.7 Å². The van der Waals surface area contributed by atoms with Crippen molar-refractivity contribution in [1.82, 2.24) is 5.32 Å². The Hall–Kier alpha value is -2.57. The summed E-state index contributed by atoms with van der Waals surface area (Å²) in [4.78, 5) is 33.6. The van der Waals surface area contributed by atoms with Crippen LogP contribution in [0.15, 0.2) is 24.3 Å². The second-order valence-corrected chi connectivity index (χ2v) is 5.11. The number of carbonyl (C=O) groups is 3. The molecule has 0 aliphatic rings. The van der Waals surface area contributed by atoms with Crippen molar-refractivity contribution in [3.63, 3.8) is 0 Å². The van der Waals surface area contributed by atoms with Crippen LogP contribution in [-0.2, 0) is 9.59 Å². The van der Waals surface area contributed by atoms with Crippen molar-refractivity contribution >= 4 is 23.7 Å². The SMILES string of the molecule is Cc1cccc(NC(=O)NCC(C)(CC(=O)O)C(=O)O)c1. The maximum Gasteiger partial charge on any atom is 0.319 e. The summed E-state index contributed by atoms with van der Waals surface area (Å²) in [6.45, 7) is 2.86. The van der Waals surface area contributed by atoms with Gasteiger partial charge in [-0.1, -0.05) is 12.1 Å². The van der Waals surface area contributed by atoms with E-state index in [0.717, 1.165) is 5.56 Å². The van der Waals surface area contributed by atoms with Gasteiger partial charge >= 0.3 is 18.0 Å². The molecule has 0 fully saturated rings. The molecule has 0 aliphatic carbocycles. The average molecular weight is 294 g/mol. The Labute approximate surface area is 122 Å². The Balaban J connectivity index is 2.62. The van der Waals surface area contributed by atoms with Crippen LogP contribution in [0.25, 0.3) is 0 Å². The lowest BCUT2D eigenvalue weighted by Gasteiger charge is -2.23. The standard InChI is InChI=1S/C14H18N2O5/c1-9-4-3-5-10(6-9)16-13(21)15-8-14(2,12(19)20)7-11(17)18/h3-6H,7-8H2,1-2H3,(H,17,18)(H,19,20)(H2,15,16,21). The van der Waals surface area contributed by atoms with Gasteiger partial charge in [-0.05, 0) is 31.5 Å². The van der Waals surface area contributed by atoms with Crippen molar-refractivity contribution in [2.45, 2.75) is 20.3 Å². The zero-order chi connectivity index (χ0) is 16.0. The van der Waals surface area contributed by atoms with Crippen LogP contribution in [0.3, 0.4) is 0 Å². The van der Waals surface area contributed by atoms with Crippen LogP contribution in [0, 0.1) is 12.3 Å². The summed E-state index contributed by atoms with van der Waals surface area (Å²) in [5.41, 5.74) is -0.0210. The molecule has 0 bridgehead atoms. The lowest BCUT2D eigenvalue weighted by atomic mass is 9.87. The number of carboxylic acids is 2. The molecule has 1 atom stereocenters. The molecule has 1 aromatic rings. The number of urea groups is 1. The number of amides is 2. The third-order valence-corrected chi connectivity index (χ3v) is 2.97. The first kappa shape index (κ1) is 16.5. The fraction of sp³-hybridized carbons (Fsp3) is 0.357. The van der Waals surface area contributed by atoms with Crippen molar-refractivity contribution in [2.24, 2.45) is 5.41 Å². The van der Waals surface area contributed by atoms with Crippen LogP contribution in [0.4, 0.5) is 10.5 Å². The van der Waals surface area contributed by atoms with Crippen molar-refractivity contribution in [3.8, 4) is 0 Å². The van der Waals surface area contributed by atoms with Gasteiger partial charge in [-0.2, -0.15) is 0 Å². The van der Waals surface area contributed by atoms with E-state index in [1.807, 2.05) is 13.0 Å². The summed E-state index contributed by atoms with van der Waals surface area (Å²) in [6.07, 6.45) is -0.576. The molecular formula is C14H18N2O5. The quantitative estimate of drug-likeness (QED) is 0.637. The minimum absolute atomic E-state index is 0.285. The number of benzene rings is 1. The zero-order valence-electron chi connectivity index (χ0n) is 11.8. The van der Waals surface area contributed by atoms with Crippen LogP contribution < -0.4 is 10.6 Å². The fourth-order valence-corrected chi connectivity index (χ4v) is 1.72. The zero-order valence-corrected chi connectivity index (χ0v) is 11.8.